The van der Waals surface area contributed by atoms with Crippen LogP contribution in [0, 0.1) is 5.82 Å². The number of nitrogens with two attached hydrogens (primary N) is 1. The first-order valence-electron chi connectivity index (χ1n) is 6.48. The predicted octanol–water partition coefficient (Wildman–Crippen LogP) is 0.687. The molecule has 0 aromatic heterocycles. The van der Waals surface area contributed by atoms with E-state index >= 15 is 0 Å². The van der Waals surface area contributed by atoms with Crippen molar-refractivity contribution in [3.63, 3.8) is 0 Å². The van der Waals surface area contributed by atoms with Crippen LogP contribution in [0.15, 0.2) is 18.2 Å². The molecule has 118 valence electrons. The van der Waals surface area contributed by atoms with Crippen LogP contribution < -0.4 is 16.4 Å². The van der Waals surface area contributed by atoms with Gasteiger partial charge in [-0.1, -0.05) is 11.6 Å². The van der Waals surface area contributed by atoms with Gasteiger partial charge in [-0.25, -0.2) is 9.18 Å². The number of amides is 4. The summed E-state index contributed by atoms with van der Waals surface area (Å²) < 4.78 is 13.2. The standard InChI is InChI=1S/C13H14ClFN4O3/c14-9-2-1-7(5-10(9)15)17-11(20)12(21)18-8-3-4-19(6-8)13(16)22/h1-2,5,8H,3-4,6H2,(H2,16,22)(H,17,20)(H,18,21)/t8-/m0/s1. The lowest BCUT2D eigenvalue weighted by Crippen LogP contribution is -2.44. The van der Waals surface area contributed by atoms with Crippen LogP contribution in [0.3, 0.4) is 0 Å². The Labute approximate surface area is 130 Å². The summed E-state index contributed by atoms with van der Waals surface area (Å²) in [6, 6.07) is 2.75. The maximum Gasteiger partial charge on any atom is 0.314 e. The molecule has 1 aliphatic rings. The maximum absolute atomic E-state index is 13.2. The molecule has 1 aliphatic heterocycles. The number of urea groups is 1. The Morgan fingerprint density at radius 3 is 2.64 bits per heavy atom. The SMILES string of the molecule is NC(=O)N1CC[C@H](NC(=O)C(=O)Nc2ccc(Cl)c(F)c2)C1. The Balaban J connectivity index is 1.88. The number of nitrogens with zero attached hydrogens (tertiary/aromatic N) is 1. The van der Waals surface area contributed by atoms with E-state index in [4.69, 9.17) is 17.3 Å². The maximum atomic E-state index is 13.2. The van der Waals surface area contributed by atoms with Crippen molar-refractivity contribution in [1.82, 2.24) is 10.2 Å². The van der Waals surface area contributed by atoms with Crippen molar-refractivity contribution in [3.8, 4) is 0 Å². The van der Waals surface area contributed by atoms with Gasteiger partial charge in [0.15, 0.2) is 0 Å². The molecule has 1 heterocycles. The molecule has 4 amide bonds. The van der Waals surface area contributed by atoms with Crippen molar-refractivity contribution in [3.05, 3.63) is 29.0 Å². The van der Waals surface area contributed by atoms with Crippen LogP contribution in [0.1, 0.15) is 6.42 Å². The summed E-state index contributed by atoms with van der Waals surface area (Å²) in [4.78, 5) is 35.8. The van der Waals surface area contributed by atoms with Crippen LogP contribution in [-0.2, 0) is 9.59 Å². The van der Waals surface area contributed by atoms with Crippen molar-refractivity contribution in [2.75, 3.05) is 18.4 Å². The molecule has 1 aromatic rings. The number of halogens is 2. The van der Waals surface area contributed by atoms with Crippen molar-refractivity contribution >= 4 is 35.1 Å². The van der Waals surface area contributed by atoms with E-state index in [0.717, 1.165) is 6.07 Å². The first-order valence-corrected chi connectivity index (χ1v) is 6.86. The zero-order valence-electron chi connectivity index (χ0n) is 11.4. The number of rotatable bonds is 2. The van der Waals surface area contributed by atoms with Gasteiger partial charge in [0.05, 0.1) is 5.02 Å². The summed E-state index contributed by atoms with van der Waals surface area (Å²) in [5, 5.41) is 4.67. The molecule has 0 unspecified atom stereocenters. The summed E-state index contributed by atoms with van der Waals surface area (Å²) in [5.41, 5.74) is 5.25. The minimum atomic E-state index is -0.931. The third-order valence-electron chi connectivity index (χ3n) is 3.22. The van der Waals surface area contributed by atoms with Crippen LogP contribution in [0.5, 0.6) is 0 Å². The van der Waals surface area contributed by atoms with Gasteiger partial charge in [-0.3, -0.25) is 9.59 Å². The lowest BCUT2D eigenvalue weighted by Gasteiger charge is -2.14. The number of anilines is 1. The normalized spacial score (nSPS) is 17.2. The molecule has 9 heteroatoms. The molecule has 0 saturated carbocycles. The average Bonchev–Trinajstić information content (AvgIpc) is 2.91. The molecule has 2 rings (SSSR count). The molecule has 4 N–H and O–H groups in total. The predicted molar refractivity (Wildman–Crippen MR) is 77.7 cm³/mol. The van der Waals surface area contributed by atoms with Gasteiger partial charge in [0.2, 0.25) is 0 Å². The van der Waals surface area contributed by atoms with E-state index in [1.165, 1.54) is 17.0 Å². The van der Waals surface area contributed by atoms with Crippen LogP contribution in [-0.4, -0.2) is 41.9 Å². The van der Waals surface area contributed by atoms with Gasteiger partial charge >= 0.3 is 17.8 Å². The van der Waals surface area contributed by atoms with E-state index in [-0.39, 0.29) is 23.3 Å². The molecule has 1 fully saturated rings. The number of likely N-dealkylation sites (tertiary alicyclic amines) is 1. The van der Waals surface area contributed by atoms with Gasteiger partial charge in [-0.15, -0.1) is 0 Å². The number of hydrogen-bond acceptors (Lipinski definition) is 3. The second-order valence-electron chi connectivity index (χ2n) is 4.83. The summed E-state index contributed by atoms with van der Waals surface area (Å²) in [6.45, 7) is 0.675. The molecule has 1 atom stereocenters. The van der Waals surface area contributed by atoms with E-state index in [1.54, 1.807) is 0 Å². The quantitative estimate of drug-likeness (QED) is 0.695. The third kappa shape index (κ3) is 3.85. The van der Waals surface area contributed by atoms with Crippen molar-refractivity contribution in [2.45, 2.75) is 12.5 Å². The topological polar surface area (TPSA) is 105 Å². The summed E-state index contributed by atoms with van der Waals surface area (Å²) >= 11 is 5.52. The Morgan fingerprint density at radius 2 is 2.05 bits per heavy atom. The molecular weight excluding hydrogens is 315 g/mol. The molecular formula is C13H14ClFN4O3. The Hall–Kier alpha value is -2.35. The van der Waals surface area contributed by atoms with E-state index in [0.29, 0.717) is 13.0 Å². The first-order chi connectivity index (χ1) is 10.4. The monoisotopic (exact) mass is 328 g/mol. The molecule has 7 nitrogen and oxygen atoms in total. The zero-order chi connectivity index (χ0) is 16.3. The number of nitrogens with one attached hydrogen (secondary N) is 2. The number of primary amides is 1. The minimum absolute atomic E-state index is 0.0834. The number of hydrogen-bond donors (Lipinski definition) is 3. The fraction of sp³-hybridized carbons (Fsp3) is 0.308. The van der Waals surface area contributed by atoms with Gasteiger partial charge in [0, 0.05) is 24.8 Å². The molecule has 1 saturated heterocycles. The molecule has 0 radical (unpaired) electrons. The van der Waals surface area contributed by atoms with Crippen LogP contribution in [0.2, 0.25) is 5.02 Å². The van der Waals surface area contributed by atoms with Gasteiger partial charge in [0.1, 0.15) is 5.82 Å². The van der Waals surface area contributed by atoms with Gasteiger partial charge < -0.3 is 21.3 Å². The fourth-order valence-electron chi connectivity index (χ4n) is 2.09. The molecule has 0 aliphatic carbocycles. The number of benzene rings is 1. The van der Waals surface area contributed by atoms with Crippen molar-refractivity contribution in [2.24, 2.45) is 5.73 Å². The number of carbonyl (C=O) groups is 3. The highest BCUT2D eigenvalue weighted by molar-refractivity contribution is 6.39. The second kappa shape index (κ2) is 6.61. The Bertz CT molecular complexity index is 625. The lowest BCUT2D eigenvalue weighted by molar-refractivity contribution is -0.136. The van der Waals surface area contributed by atoms with Gasteiger partial charge in [0.25, 0.3) is 0 Å². The highest BCUT2D eigenvalue weighted by Crippen LogP contribution is 2.18. The Morgan fingerprint density at radius 1 is 1.32 bits per heavy atom. The second-order valence-corrected chi connectivity index (χ2v) is 5.23. The van der Waals surface area contributed by atoms with E-state index in [1.807, 2.05) is 0 Å². The minimum Gasteiger partial charge on any atom is -0.351 e. The third-order valence-corrected chi connectivity index (χ3v) is 3.53. The van der Waals surface area contributed by atoms with E-state index in [9.17, 15) is 18.8 Å². The summed E-state index contributed by atoms with van der Waals surface area (Å²) in [6.07, 6.45) is 0.511. The highest BCUT2D eigenvalue weighted by atomic mass is 35.5. The molecule has 22 heavy (non-hydrogen) atoms. The first kappa shape index (κ1) is 16.0. The average molecular weight is 329 g/mol. The molecule has 0 spiro atoms. The van der Waals surface area contributed by atoms with Crippen molar-refractivity contribution in [1.29, 1.82) is 0 Å². The Kier molecular flexibility index (Phi) is 4.81. The largest absolute Gasteiger partial charge is 0.351 e. The van der Waals surface area contributed by atoms with E-state index in [2.05, 4.69) is 10.6 Å². The lowest BCUT2D eigenvalue weighted by atomic mass is 10.2. The molecule has 0 bridgehead atoms. The van der Waals surface area contributed by atoms with Crippen molar-refractivity contribution < 1.29 is 18.8 Å². The van der Waals surface area contributed by atoms with Crippen LogP contribution >= 0.6 is 11.6 Å². The summed E-state index contributed by atoms with van der Waals surface area (Å²) in [5.74, 6) is -2.50. The van der Waals surface area contributed by atoms with Gasteiger partial charge in [-0.05, 0) is 24.6 Å². The van der Waals surface area contributed by atoms with Gasteiger partial charge in [-0.2, -0.15) is 0 Å². The zero-order valence-corrected chi connectivity index (χ0v) is 12.2. The van der Waals surface area contributed by atoms with E-state index < -0.39 is 23.7 Å². The van der Waals surface area contributed by atoms with Crippen LogP contribution in [0.25, 0.3) is 0 Å². The highest BCUT2D eigenvalue weighted by Gasteiger charge is 2.27. The number of carbonyl (C=O) groups excluding carboxylic acids is 3. The summed E-state index contributed by atoms with van der Waals surface area (Å²) in [7, 11) is 0. The fourth-order valence-corrected chi connectivity index (χ4v) is 2.21. The molecule has 1 aromatic carbocycles. The van der Waals surface area contributed by atoms with Crippen LogP contribution in [0.4, 0.5) is 14.9 Å². The smallest absolute Gasteiger partial charge is 0.314 e.